The summed E-state index contributed by atoms with van der Waals surface area (Å²) < 4.78 is 35.1. The van der Waals surface area contributed by atoms with Crippen LogP contribution in [-0.4, -0.2) is 65.3 Å². The summed E-state index contributed by atoms with van der Waals surface area (Å²) in [5.41, 5.74) is 2.08. The summed E-state index contributed by atoms with van der Waals surface area (Å²) in [4.78, 5) is 14.7. The standard InChI is InChI=1S/C20H25N3O5S/c1-27-18-12-15(13-19(14-18)28-2)20(24)21-16-4-6-17(7-5-16)22-8-10-23(11-9-22)29(3,25)26/h4-7,12-14H,8-11H2,1-3H3,(H,21,24). The van der Waals surface area contributed by atoms with Crippen molar-refractivity contribution in [3.63, 3.8) is 0 Å². The molecule has 1 saturated heterocycles. The molecule has 1 fully saturated rings. The van der Waals surface area contributed by atoms with E-state index in [-0.39, 0.29) is 5.91 Å². The van der Waals surface area contributed by atoms with Crippen LogP contribution in [0, 0.1) is 0 Å². The number of amides is 1. The van der Waals surface area contributed by atoms with E-state index in [1.54, 1.807) is 18.2 Å². The Hall–Kier alpha value is -2.78. The molecular weight excluding hydrogens is 394 g/mol. The van der Waals surface area contributed by atoms with Crippen LogP contribution in [0.1, 0.15) is 10.4 Å². The number of nitrogens with zero attached hydrogens (tertiary/aromatic N) is 2. The normalized spacial score (nSPS) is 15.1. The number of benzene rings is 2. The summed E-state index contributed by atoms with van der Waals surface area (Å²) in [6.07, 6.45) is 1.23. The van der Waals surface area contributed by atoms with Gasteiger partial charge in [-0.3, -0.25) is 4.79 Å². The van der Waals surface area contributed by atoms with Crippen molar-refractivity contribution in [3.8, 4) is 11.5 Å². The van der Waals surface area contributed by atoms with E-state index < -0.39 is 10.0 Å². The van der Waals surface area contributed by atoms with Crippen molar-refractivity contribution in [2.75, 3.05) is 56.9 Å². The van der Waals surface area contributed by atoms with E-state index in [1.807, 2.05) is 24.3 Å². The van der Waals surface area contributed by atoms with Gasteiger partial charge in [-0.05, 0) is 36.4 Å². The van der Waals surface area contributed by atoms with E-state index in [0.717, 1.165) is 5.69 Å². The molecule has 0 atom stereocenters. The molecule has 2 aromatic rings. The molecule has 0 spiro atoms. The molecule has 1 aliphatic rings. The van der Waals surface area contributed by atoms with Crippen LogP contribution in [0.15, 0.2) is 42.5 Å². The molecule has 0 saturated carbocycles. The lowest BCUT2D eigenvalue weighted by Crippen LogP contribution is -2.48. The molecule has 0 unspecified atom stereocenters. The second-order valence-electron chi connectivity index (χ2n) is 6.75. The molecule has 8 nitrogen and oxygen atoms in total. The number of hydrogen-bond donors (Lipinski definition) is 1. The lowest BCUT2D eigenvalue weighted by Gasteiger charge is -2.34. The van der Waals surface area contributed by atoms with E-state index in [4.69, 9.17) is 9.47 Å². The molecule has 0 bridgehead atoms. The first kappa shape index (κ1) is 20.9. The van der Waals surface area contributed by atoms with Crippen LogP contribution in [0.5, 0.6) is 11.5 Å². The molecule has 9 heteroatoms. The molecule has 2 aromatic carbocycles. The largest absolute Gasteiger partial charge is 0.497 e. The van der Waals surface area contributed by atoms with Crippen molar-refractivity contribution in [2.24, 2.45) is 0 Å². The second-order valence-corrected chi connectivity index (χ2v) is 8.73. The van der Waals surface area contributed by atoms with Gasteiger partial charge in [-0.15, -0.1) is 0 Å². The fourth-order valence-electron chi connectivity index (χ4n) is 3.18. The van der Waals surface area contributed by atoms with E-state index in [1.165, 1.54) is 24.8 Å². The third-order valence-electron chi connectivity index (χ3n) is 4.81. The maximum absolute atomic E-state index is 12.6. The van der Waals surface area contributed by atoms with Gasteiger partial charge in [0.25, 0.3) is 5.91 Å². The van der Waals surface area contributed by atoms with Gasteiger partial charge in [0, 0.05) is 49.2 Å². The second kappa shape index (κ2) is 8.71. The quantitative estimate of drug-likeness (QED) is 0.771. The van der Waals surface area contributed by atoms with Gasteiger partial charge in [-0.25, -0.2) is 8.42 Å². The fourth-order valence-corrected chi connectivity index (χ4v) is 4.00. The van der Waals surface area contributed by atoms with Crippen LogP contribution in [0.2, 0.25) is 0 Å². The van der Waals surface area contributed by atoms with Gasteiger partial charge >= 0.3 is 0 Å². The number of carbonyl (C=O) groups excluding carboxylic acids is 1. The highest BCUT2D eigenvalue weighted by atomic mass is 32.2. The average molecular weight is 420 g/mol. The number of carbonyl (C=O) groups is 1. The maximum Gasteiger partial charge on any atom is 0.255 e. The number of rotatable bonds is 6. The van der Waals surface area contributed by atoms with Gasteiger partial charge in [0.2, 0.25) is 10.0 Å². The van der Waals surface area contributed by atoms with Crippen molar-refractivity contribution in [2.45, 2.75) is 0 Å². The third kappa shape index (κ3) is 5.18. The van der Waals surface area contributed by atoms with Crippen LogP contribution in [0.3, 0.4) is 0 Å². The topological polar surface area (TPSA) is 88.2 Å². The first-order valence-corrected chi connectivity index (χ1v) is 11.0. The number of ether oxygens (including phenoxy) is 2. The Balaban J connectivity index is 1.65. The SMILES string of the molecule is COc1cc(OC)cc(C(=O)Nc2ccc(N3CCN(S(C)(=O)=O)CC3)cc2)c1. The highest BCUT2D eigenvalue weighted by molar-refractivity contribution is 7.88. The summed E-state index contributed by atoms with van der Waals surface area (Å²) in [7, 11) is -0.0816. The zero-order valence-corrected chi connectivity index (χ0v) is 17.5. The smallest absolute Gasteiger partial charge is 0.255 e. The Morgan fingerprint density at radius 1 is 0.931 bits per heavy atom. The number of anilines is 2. The maximum atomic E-state index is 12.6. The predicted molar refractivity (Wildman–Crippen MR) is 113 cm³/mol. The molecule has 0 radical (unpaired) electrons. The van der Waals surface area contributed by atoms with Gasteiger partial charge < -0.3 is 19.7 Å². The summed E-state index contributed by atoms with van der Waals surface area (Å²) in [5, 5.41) is 2.86. The average Bonchev–Trinajstić information content (AvgIpc) is 2.73. The van der Waals surface area contributed by atoms with Gasteiger partial charge in [0.15, 0.2) is 0 Å². The summed E-state index contributed by atoms with van der Waals surface area (Å²) in [6.45, 7) is 2.19. The molecule has 29 heavy (non-hydrogen) atoms. The molecule has 1 amide bonds. The zero-order valence-electron chi connectivity index (χ0n) is 16.7. The minimum Gasteiger partial charge on any atom is -0.497 e. The summed E-state index contributed by atoms with van der Waals surface area (Å²) in [5.74, 6) is 0.813. The highest BCUT2D eigenvalue weighted by Crippen LogP contribution is 2.24. The van der Waals surface area contributed by atoms with Gasteiger partial charge in [0.1, 0.15) is 11.5 Å². The minimum absolute atomic E-state index is 0.267. The molecule has 1 N–H and O–H groups in total. The van der Waals surface area contributed by atoms with E-state index in [2.05, 4.69) is 10.2 Å². The van der Waals surface area contributed by atoms with Crippen LogP contribution < -0.4 is 19.7 Å². The van der Waals surface area contributed by atoms with E-state index in [0.29, 0.717) is 48.9 Å². The minimum atomic E-state index is -3.15. The first-order chi connectivity index (χ1) is 13.8. The number of hydrogen-bond acceptors (Lipinski definition) is 6. The number of sulfonamides is 1. The van der Waals surface area contributed by atoms with Crippen molar-refractivity contribution in [1.82, 2.24) is 4.31 Å². The molecule has 1 heterocycles. The molecule has 156 valence electrons. The molecule has 3 rings (SSSR count). The van der Waals surface area contributed by atoms with Crippen LogP contribution in [-0.2, 0) is 10.0 Å². The Labute approximate surface area is 171 Å². The van der Waals surface area contributed by atoms with E-state index in [9.17, 15) is 13.2 Å². The monoisotopic (exact) mass is 419 g/mol. The van der Waals surface area contributed by atoms with Crippen LogP contribution in [0.25, 0.3) is 0 Å². The Bertz CT molecular complexity index is 946. The molecule has 0 aromatic heterocycles. The summed E-state index contributed by atoms with van der Waals surface area (Å²) >= 11 is 0. The lowest BCUT2D eigenvalue weighted by molar-refractivity contribution is 0.102. The van der Waals surface area contributed by atoms with Crippen molar-refractivity contribution in [1.29, 1.82) is 0 Å². The van der Waals surface area contributed by atoms with E-state index >= 15 is 0 Å². The third-order valence-corrected chi connectivity index (χ3v) is 6.11. The highest BCUT2D eigenvalue weighted by Gasteiger charge is 2.23. The van der Waals surface area contributed by atoms with Gasteiger partial charge in [-0.1, -0.05) is 0 Å². The zero-order chi connectivity index (χ0) is 21.0. The lowest BCUT2D eigenvalue weighted by atomic mass is 10.1. The fraction of sp³-hybridized carbons (Fsp3) is 0.350. The van der Waals surface area contributed by atoms with Crippen LogP contribution in [0.4, 0.5) is 11.4 Å². The Morgan fingerprint density at radius 3 is 1.97 bits per heavy atom. The summed E-state index contributed by atoms with van der Waals surface area (Å²) in [6, 6.07) is 12.5. The molecule has 0 aliphatic carbocycles. The van der Waals surface area contributed by atoms with Crippen molar-refractivity contribution < 1.29 is 22.7 Å². The molecule has 1 aliphatic heterocycles. The Morgan fingerprint density at radius 2 is 1.48 bits per heavy atom. The van der Waals surface area contributed by atoms with Gasteiger partial charge in [0.05, 0.1) is 20.5 Å². The Kier molecular flexibility index (Phi) is 6.29. The van der Waals surface area contributed by atoms with Crippen LogP contribution >= 0.6 is 0 Å². The van der Waals surface area contributed by atoms with Crippen molar-refractivity contribution >= 4 is 27.3 Å². The number of nitrogens with one attached hydrogen (secondary N) is 1. The first-order valence-electron chi connectivity index (χ1n) is 9.14. The molecular formula is C20H25N3O5S. The number of piperazine rings is 1. The predicted octanol–water partition coefficient (Wildman–Crippen LogP) is 2.04. The van der Waals surface area contributed by atoms with Gasteiger partial charge in [-0.2, -0.15) is 4.31 Å². The number of methoxy groups -OCH3 is 2. The van der Waals surface area contributed by atoms with Crippen molar-refractivity contribution in [3.05, 3.63) is 48.0 Å².